The van der Waals surface area contributed by atoms with E-state index in [2.05, 4.69) is 0 Å². The Labute approximate surface area is 393 Å². The molecule has 5 heterocycles. The summed E-state index contributed by atoms with van der Waals surface area (Å²) in [5.41, 5.74) is -1.12. The number of nitrogens with zero attached hydrogens (tertiary/aromatic N) is 2. The summed E-state index contributed by atoms with van der Waals surface area (Å²) in [7, 11) is 4.83. The van der Waals surface area contributed by atoms with Crippen LogP contribution in [0.4, 0.5) is 5.69 Å². The fourth-order valence-corrected chi connectivity index (χ4v) is 11.2. The zero-order valence-electron chi connectivity index (χ0n) is 40.1. The standard InChI is InChI=1S/C49H72N2O16/c1-10-14-34(54)65-45-28(5)63-36(24-49(45,6)60)66-43-27(4)64-48(41(57)39(43)50(7)8)67-42-25(2)21-30(19-20-52)40(56)32-18-17-29(22-26(3)62-35(55)23-33(53)44(42)61-9)37-38(32)47(59)51(46(37)58)31-15-12-11-13-16-31/h11-13,15-18,20,25-30,32-33,36-45,48,53,56-57,60H,10,14,19,21-24H2,1-9H3/t25-,26+,27-,28+,29?,30-,32?,33+,36+,37?,38?,39-,40-,41-,42+,43-,44+,45+,48+,49-/m1/s1. The van der Waals surface area contributed by atoms with E-state index >= 15 is 0 Å². The maximum Gasteiger partial charge on any atom is 0.308 e. The number of likely N-dealkylation sites (N-methyl/N-ethyl adjacent to an activating group) is 1. The highest BCUT2D eigenvalue weighted by atomic mass is 16.7. The van der Waals surface area contributed by atoms with Crippen LogP contribution in [0.3, 0.4) is 0 Å². The molecule has 20 atom stereocenters. The molecule has 0 aromatic heterocycles. The van der Waals surface area contributed by atoms with Crippen LogP contribution in [0.25, 0.3) is 0 Å². The molecule has 5 aliphatic heterocycles. The van der Waals surface area contributed by atoms with Gasteiger partial charge in [-0.1, -0.05) is 44.2 Å². The number of aliphatic hydroxyl groups is 4. The van der Waals surface area contributed by atoms with Gasteiger partial charge in [0, 0.05) is 32.3 Å². The van der Waals surface area contributed by atoms with E-state index in [4.69, 9.17) is 33.2 Å². The Balaban J connectivity index is 1.28. The van der Waals surface area contributed by atoms with Crippen molar-refractivity contribution >= 4 is 35.7 Å². The average molecular weight is 945 g/mol. The van der Waals surface area contributed by atoms with Gasteiger partial charge in [0.05, 0.1) is 66.6 Å². The minimum atomic E-state index is -1.51. The van der Waals surface area contributed by atoms with Crippen molar-refractivity contribution in [2.75, 3.05) is 26.1 Å². The Morgan fingerprint density at radius 3 is 2.22 bits per heavy atom. The number of imide groups is 1. The van der Waals surface area contributed by atoms with Crippen molar-refractivity contribution in [2.45, 2.75) is 172 Å². The second-order valence-electron chi connectivity index (χ2n) is 19.7. The number of carbonyl (C=O) groups is 5. The lowest BCUT2D eigenvalue weighted by molar-refractivity contribution is -0.344. The van der Waals surface area contributed by atoms with E-state index in [9.17, 15) is 44.4 Å². The number of hydrogen-bond donors (Lipinski definition) is 4. The van der Waals surface area contributed by atoms with E-state index in [1.165, 1.54) is 7.11 Å². The quantitative estimate of drug-likeness (QED) is 0.102. The van der Waals surface area contributed by atoms with Gasteiger partial charge in [0.1, 0.15) is 30.2 Å². The predicted octanol–water partition coefficient (Wildman–Crippen LogP) is 2.69. The normalized spacial score (nSPS) is 42.1. The van der Waals surface area contributed by atoms with Gasteiger partial charge in [-0.05, 0) is 90.9 Å². The Kier molecular flexibility index (Phi) is 17.6. The van der Waals surface area contributed by atoms with E-state index in [1.54, 1.807) is 96.1 Å². The number of anilines is 1. The first-order chi connectivity index (χ1) is 31.7. The maximum absolute atomic E-state index is 14.4. The van der Waals surface area contributed by atoms with Crippen molar-refractivity contribution < 1.29 is 77.6 Å². The number of methoxy groups -OCH3 is 1. The van der Waals surface area contributed by atoms with Crippen molar-refractivity contribution in [1.82, 2.24) is 4.90 Å². The first-order valence-corrected chi connectivity index (χ1v) is 23.7. The Bertz CT molecular complexity index is 1900. The third-order valence-electron chi connectivity index (χ3n) is 14.3. The molecular formula is C49H72N2O16. The van der Waals surface area contributed by atoms with E-state index in [0.717, 1.165) is 4.90 Å². The number of allylic oxidation sites excluding steroid dienone is 1. The molecule has 18 heteroatoms. The molecule has 2 bridgehead atoms. The zero-order chi connectivity index (χ0) is 49.1. The van der Waals surface area contributed by atoms with Crippen LogP contribution in [0, 0.1) is 35.5 Å². The molecule has 2 amide bonds. The van der Waals surface area contributed by atoms with Crippen LogP contribution in [-0.2, 0) is 57.1 Å². The molecule has 4 unspecified atom stereocenters. The van der Waals surface area contributed by atoms with Crippen molar-refractivity contribution in [3.63, 3.8) is 0 Å². The van der Waals surface area contributed by atoms with Crippen LogP contribution in [-0.4, -0.2) is 162 Å². The summed E-state index contributed by atoms with van der Waals surface area (Å²) in [4.78, 5) is 69.9. The highest BCUT2D eigenvalue weighted by Crippen LogP contribution is 2.48. The van der Waals surface area contributed by atoms with Crippen LogP contribution >= 0.6 is 0 Å². The fraction of sp³-hybridized carbons (Fsp3) is 0.735. The summed E-state index contributed by atoms with van der Waals surface area (Å²) in [5.74, 6) is -6.87. The first kappa shape index (κ1) is 52.7. The molecule has 4 N–H and O–H groups in total. The van der Waals surface area contributed by atoms with Crippen molar-refractivity contribution in [2.24, 2.45) is 35.5 Å². The van der Waals surface area contributed by atoms with E-state index in [1.807, 2.05) is 6.92 Å². The number of benzene rings is 1. The van der Waals surface area contributed by atoms with Gasteiger partial charge < -0.3 is 63.3 Å². The van der Waals surface area contributed by atoms with Crippen LogP contribution in [0.2, 0.25) is 0 Å². The van der Waals surface area contributed by atoms with Gasteiger partial charge in [0.15, 0.2) is 18.7 Å². The lowest BCUT2D eigenvalue weighted by Gasteiger charge is -2.50. The number of para-hydroxylation sites is 1. The lowest BCUT2D eigenvalue weighted by atomic mass is 9.66. The minimum Gasteiger partial charge on any atom is -0.463 e. The van der Waals surface area contributed by atoms with Crippen molar-refractivity contribution in [1.29, 1.82) is 0 Å². The van der Waals surface area contributed by atoms with Gasteiger partial charge in [0.2, 0.25) is 11.8 Å². The summed E-state index contributed by atoms with van der Waals surface area (Å²) in [6, 6.07) is 7.75. The predicted molar refractivity (Wildman–Crippen MR) is 240 cm³/mol. The Morgan fingerprint density at radius 2 is 1.60 bits per heavy atom. The molecule has 0 spiro atoms. The number of fused-ring (bicyclic) bond motifs is 11. The molecule has 374 valence electrons. The molecular weight excluding hydrogens is 873 g/mol. The van der Waals surface area contributed by atoms with E-state index < -0.39 is 151 Å². The maximum atomic E-state index is 14.4. The van der Waals surface area contributed by atoms with Gasteiger partial charge in [-0.15, -0.1) is 0 Å². The number of amides is 2. The fourth-order valence-electron chi connectivity index (χ4n) is 11.2. The molecule has 4 saturated heterocycles. The average Bonchev–Trinajstić information content (AvgIpc) is 3.52. The summed E-state index contributed by atoms with van der Waals surface area (Å²) >= 11 is 0. The molecule has 4 fully saturated rings. The Morgan fingerprint density at radius 1 is 0.910 bits per heavy atom. The van der Waals surface area contributed by atoms with Gasteiger partial charge >= 0.3 is 11.9 Å². The zero-order valence-corrected chi connectivity index (χ0v) is 40.1. The summed E-state index contributed by atoms with van der Waals surface area (Å²) < 4.78 is 43.0. The van der Waals surface area contributed by atoms with Gasteiger partial charge in [-0.3, -0.25) is 24.1 Å². The largest absolute Gasteiger partial charge is 0.463 e. The molecule has 0 radical (unpaired) electrons. The minimum absolute atomic E-state index is 0.0583. The van der Waals surface area contributed by atoms with Crippen LogP contribution < -0.4 is 4.90 Å². The molecule has 1 aromatic rings. The lowest BCUT2D eigenvalue weighted by Crippen LogP contribution is -2.66. The van der Waals surface area contributed by atoms with Gasteiger partial charge in [-0.2, -0.15) is 0 Å². The number of esters is 2. The molecule has 1 aliphatic carbocycles. The third kappa shape index (κ3) is 11.5. The van der Waals surface area contributed by atoms with Gasteiger partial charge in [0.25, 0.3) is 0 Å². The number of rotatable bonds is 12. The topological polar surface area (TPSA) is 237 Å². The van der Waals surface area contributed by atoms with Crippen molar-refractivity contribution in [3.05, 3.63) is 42.5 Å². The smallest absolute Gasteiger partial charge is 0.308 e. The highest BCUT2D eigenvalue weighted by molar-refractivity contribution is 6.22. The van der Waals surface area contributed by atoms with E-state index in [0.29, 0.717) is 18.4 Å². The number of carbonyl (C=O) groups excluding carboxylic acids is 5. The molecule has 1 aromatic carbocycles. The third-order valence-corrected chi connectivity index (χ3v) is 14.3. The number of ether oxygens (including phenoxy) is 7. The van der Waals surface area contributed by atoms with Crippen LogP contribution in [0.15, 0.2) is 42.5 Å². The monoisotopic (exact) mass is 944 g/mol. The second-order valence-corrected chi connectivity index (χ2v) is 19.7. The highest BCUT2D eigenvalue weighted by Gasteiger charge is 2.58. The second kappa shape index (κ2) is 22.4. The van der Waals surface area contributed by atoms with E-state index in [-0.39, 0.29) is 32.1 Å². The molecule has 6 aliphatic rings. The molecule has 18 nitrogen and oxygen atoms in total. The summed E-state index contributed by atoms with van der Waals surface area (Å²) in [5, 5.41) is 47.7. The van der Waals surface area contributed by atoms with Crippen LogP contribution in [0.5, 0.6) is 0 Å². The summed E-state index contributed by atoms with van der Waals surface area (Å²) in [6.07, 6.45) is -8.52. The first-order valence-electron chi connectivity index (χ1n) is 23.7. The number of aliphatic hydroxyl groups excluding tert-OH is 3. The van der Waals surface area contributed by atoms with Crippen molar-refractivity contribution in [3.8, 4) is 0 Å². The molecule has 67 heavy (non-hydrogen) atoms. The molecule has 7 rings (SSSR count). The molecule has 0 saturated carbocycles. The van der Waals surface area contributed by atoms with Crippen LogP contribution in [0.1, 0.15) is 86.5 Å². The number of aldehydes is 1. The summed E-state index contributed by atoms with van der Waals surface area (Å²) in [6.45, 7) is 10.2. The number of hydrogen-bond acceptors (Lipinski definition) is 17. The van der Waals surface area contributed by atoms with Gasteiger partial charge in [-0.25, -0.2) is 0 Å². The Hall–Kier alpha value is -3.69. The SMILES string of the molecule is CCCC(=O)O[C@H]1[C@H](C)O[C@@H](O[C@H]2[C@H](N(C)C)[C@@H](O)[C@H](O[C@@H]3[C@@H](OC)[C@@H](O)CC(=O)O[C@@H](C)CC4C=CC(C5C(=O)N(c6ccccc6)C(=O)C45)[C@H](O)[C@H](CC=O)C[C@H]3C)O[C@@H]2C)C[C@@]1(C)O.